The number of nitrogens with zero attached hydrogens (tertiary/aromatic N) is 1. The Morgan fingerprint density at radius 1 is 1.00 bits per heavy atom. The molecule has 0 bridgehead atoms. The summed E-state index contributed by atoms with van der Waals surface area (Å²) in [6.07, 6.45) is 1.32. The van der Waals surface area contributed by atoms with Gasteiger partial charge < -0.3 is 15.1 Å². The van der Waals surface area contributed by atoms with E-state index < -0.39 is 0 Å². The van der Waals surface area contributed by atoms with E-state index in [1.807, 2.05) is 48.5 Å². The zero-order valence-electron chi connectivity index (χ0n) is 13.1. The Hall–Kier alpha value is -3.54. The van der Waals surface area contributed by atoms with Crippen LogP contribution in [0.4, 0.5) is 5.69 Å². The number of fused-ring (bicyclic) bond motifs is 2. The van der Waals surface area contributed by atoms with Gasteiger partial charge in [-0.25, -0.2) is 0 Å². The minimum atomic E-state index is -0.385. The van der Waals surface area contributed by atoms with Gasteiger partial charge in [0, 0.05) is 16.6 Å². The summed E-state index contributed by atoms with van der Waals surface area (Å²) in [6, 6.07) is 17.2. The first-order valence-corrected chi connectivity index (χ1v) is 7.98. The molecule has 6 heteroatoms. The van der Waals surface area contributed by atoms with Crippen molar-refractivity contribution in [2.75, 3.05) is 5.32 Å². The fourth-order valence-electron chi connectivity index (χ4n) is 3.18. The number of anilines is 1. The predicted octanol–water partition coefficient (Wildman–Crippen LogP) is 3.68. The van der Waals surface area contributed by atoms with Crippen LogP contribution in [0.3, 0.4) is 0 Å². The van der Waals surface area contributed by atoms with Crippen molar-refractivity contribution in [3.63, 3.8) is 0 Å². The van der Waals surface area contributed by atoms with Gasteiger partial charge >= 0.3 is 0 Å². The Labute approximate surface area is 142 Å². The molecule has 3 heterocycles. The third-order valence-electron chi connectivity index (χ3n) is 4.40. The Kier molecular flexibility index (Phi) is 2.90. The molecule has 4 aromatic rings. The zero-order chi connectivity index (χ0) is 16.8. The molecule has 122 valence electrons. The largest absolute Gasteiger partial charge is 0.454 e. The van der Waals surface area contributed by atoms with Crippen molar-refractivity contribution in [2.24, 2.45) is 0 Å². The lowest BCUT2D eigenvalue weighted by atomic mass is 10.1. The van der Waals surface area contributed by atoms with Gasteiger partial charge in [0.1, 0.15) is 17.4 Å². The molecule has 1 aliphatic rings. The smallest absolute Gasteiger partial charge is 0.255 e. The van der Waals surface area contributed by atoms with Crippen LogP contribution in [0, 0.1) is 0 Å². The number of nitrogens with one attached hydrogen (secondary N) is 3. The van der Waals surface area contributed by atoms with Crippen LogP contribution in [-0.2, 0) is 0 Å². The van der Waals surface area contributed by atoms with Gasteiger partial charge in [-0.15, -0.1) is 0 Å². The average molecular weight is 330 g/mol. The van der Waals surface area contributed by atoms with Crippen molar-refractivity contribution in [1.82, 2.24) is 15.5 Å². The standard InChI is InChI=1S/C19H14N4O2/c24-19-12-6-2-3-7-14(12)21-18(22-19)13-10-20-23-17(13)16-9-11-5-1-4-8-15(11)25-16/h1-10,18,21H,(H,20,23)(H,22,24). The molecule has 1 unspecified atom stereocenters. The minimum absolute atomic E-state index is 0.115. The van der Waals surface area contributed by atoms with Gasteiger partial charge in [-0.1, -0.05) is 30.3 Å². The highest BCUT2D eigenvalue weighted by Crippen LogP contribution is 2.33. The number of benzene rings is 2. The Balaban J connectivity index is 1.56. The van der Waals surface area contributed by atoms with E-state index >= 15 is 0 Å². The molecule has 2 aromatic carbocycles. The summed E-state index contributed by atoms with van der Waals surface area (Å²) in [5.41, 5.74) is 3.81. The number of hydrogen-bond acceptors (Lipinski definition) is 4. The van der Waals surface area contributed by atoms with Gasteiger partial charge in [0.05, 0.1) is 11.8 Å². The Bertz CT molecular complexity index is 1060. The first-order chi connectivity index (χ1) is 12.3. The molecule has 25 heavy (non-hydrogen) atoms. The third-order valence-corrected chi connectivity index (χ3v) is 4.40. The Morgan fingerprint density at radius 3 is 2.76 bits per heavy atom. The number of carbonyl (C=O) groups is 1. The number of aromatic nitrogens is 2. The molecule has 0 saturated carbocycles. The number of amides is 1. The molecular weight excluding hydrogens is 316 g/mol. The van der Waals surface area contributed by atoms with Crippen molar-refractivity contribution < 1.29 is 9.21 Å². The lowest BCUT2D eigenvalue weighted by Crippen LogP contribution is -2.38. The maximum Gasteiger partial charge on any atom is 0.255 e. The minimum Gasteiger partial charge on any atom is -0.454 e. The molecule has 0 aliphatic carbocycles. The molecule has 0 radical (unpaired) electrons. The van der Waals surface area contributed by atoms with E-state index in [4.69, 9.17) is 4.42 Å². The SMILES string of the molecule is O=C1NC(c2cn[nH]c2-c2cc3ccccc3o2)Nc2ccccc21. The van der Waals surface area contributed by atoms with Crippen molar-refractivity contribution in [3.8, 4) is 11.5 Å². The normalized spacial score (nSPS) is 16.3. The highest BCUT2D eigenvalue weighted by atomic mass is 16.3. The predicted molar refractivity (Wildman–Crippen MR) is 94.1 cm³/mol. The summed E-state index contributed by atoms with van der Waals surface area (Å²) >= 11 is 0. The van der Waals surface area contributed by atoms with Crippen molar-refractivity contribution in [3.05, 3.63) is 71.9 Å². The summed E-state index contributed by atoms with van der Waals surface area (Å²) in [5, 5.41) is 14.5. The van der Waals surface area contributed by atoms with E-state index in [0.29, 0.717) is 11.3 Å². The molecule has 1 amide bonds. The summed E-state index contributed by atoms with van der Waals surface area (Å²) in [6.45, 7) is 0. The second-order valence-corrected chi connectivity index (χ2v) is 5.95. The fraction of sp³-hybridized carbons (Fsp3) is 0.0526. The quantitative estimate of drug-likeness (QED) is 0.523. The van der Waals surface area contributed by atoms with Crippen LogP contribution in [0.25, 0.3) is 22.4 Å². The van der Waals surface area contributed by atoms with Crippen LogP contribution in [0.5, 0.6) is 0 Å². The number of carbonyl (C=O) groups excluding carboxylic acids is 1. The highest BCUT2D eigenvalue weighted by Gasteiger charge is 2.28. The van der Waals surface area contributed by atoms with E-state index in [1.165, 1.54) is 0 Å². The third kappa shape index (κ3) is 2.19. The maximum absolute atomic E-state index is 12.4. The summed E-state index contributed by atoms with van der Waals surface area (Å²) in [4.78, 5) is 12.4. The maximum atomic E-state index is 12.4. The van der Waals surface area contributed by atoms with Crippen molar-refractivity contribution in [2.45, 2.75) is 6.17 Å². The van der Waals surface area contributed by atoms with Crippen LogP contribution >= 0.6 is 0 Å². The molecule has 1 aliphatic heterocycles. The molecule has 0 saturated heterocycles. The first-order valence-electron chi connectivity index (χ1n) is 7.98. The lowest BCUT2D eigenvalue weighted by molar-refractivity contribution is 0.0936. The van der Waals surface area contributed by atoms with E-state index in [2.05, 4.69) is 20.8 Å². The Morgan fingerprint density at radius 2 is 1.84 bits per heavy atom. The molecule has 3 N–H and O–H groups in total. The highest BCUT2D eigenvalue weighted by molar-refractivity contribution is 6.01. The van der Waals surface area contributed by atoms with Crippen LogP contribution in [0.1, 0.15) is 22.1 Å². The van der Waals surface area contributed by atoms with E-state index in [9.17, 15) is 4.79 Å². The summed E-state index contributed by atoms with van der Waals surface area (Å²) in [5.74, 6) is 0.569. The second-order valence-electron chi connectivity index (χ2n) is 5.95. The number of furan rings is 1. The number of H-pyrrole nitrogens is 1. The molecule has 2 aromatic heterocycles. The fourth-order valence-corrected chi connectivity index (χ4v) is 3.18. The number of aromatic amines is 1. The lowest BCUT2D eigenvalue weighted by Gasteiger charge is -2.27. The summed E-state index contributed by atoms with van der Waals surface area (Å²) < 4.78 is 5.93. The first kappa shape index (κ1) is 13.9. The number of rotatable bonds is 2. The number of para-hydroxylation sites is 2. The monoisotopic (exact) mass is 330 g/mol. The van der Waals surface area contributed by atoms with Crippen LogP contribution in [-0.4, -0.2) is 16.1 Å². The van der Waals surface area contributed by atoms with Crippen LogP contribution < -0.4 is 10.6 Å². The van der Waals surface area contributed by atoms with E-state index in [0.717, 1.165) is 27.9 Å². The average Bonchev–Trinajstić information content (AvgIpc) is 3.28. The van der Waals surface area contributed by atoms with Crippen molar-refractivity contribution >= 4 is 22.6 Å². The van der Waals surface area contributed by atoms with E-state index in [1.54, 1.807) is 12.3 Å². The molecule has 0 spiro atoms. The van der Waals surface area contributed by atoms with Gasteiger partial charge in [0.25, 0.3) is 5.91 Å². The van der Waals surface area contributed by atoms with Gasteiger partial charge in [0.15, 0.2) is 5.76 Å². The van der Waals surface area contributed by atoms with Crippen LogP contribution in [0.15, 0.2) is 65.2 Å². The molecule has 5 rings (SSSR count). The van der Waals surface area contributed by atoms with Gasteiger partial charge in [-0.3, -0.25) is 9.89 Å². The molecule has 0 fully saturated rings. The van der Waals surface area contributed by atoms with Gasteiger partial charge in [-0.05, 0) is 24.3 Å². The molecule has 1 atom stereocenters. The molecule has 6 nitrogen and oxygen atoms in total. The van der Waals surface area contributed by atoms with Gasteiger partial charge in [-0.2, -0.15) is 5.10 Å². The van der Waals surface area contributed by atoms with Crippen molar-refractivity contribution in [1.29, 1.82) is 0 Å². The van der Waals surface area contributed by atoms with Gasteiger partial charge in [0.2, 0.25) is 0 Å². The topological polar surface area (TPSA) is 83.0 Å². The second kappa shape index (κ2) is 5.24. The summed E-state index contributed by atoms with van der Waals surface area (Å²) in [7, 11) is 0. The number of hydrogen-bond donors (Lipinski definition) is 3. The molecular formula is C19H14N4O2. The van der Waals surface area contributed by atoms with E-state index in [-0.39, 0.29) is 12.1 Å². The zero-order valence-corrected chi connectivity index (χ0v) is 13.1. The van der Waals surface area contributed by atoms with Crippen LogP contribution in [0.2, 0.25) is 0 Å².